The quantitative estimate of drug-likeness (QED) is 0.462. The summed E-state index contributed by atoms with van der Waals surface area (Å²) >= 11 is 0. The highest BCUT2D eigenvalue weighted by Gasteiger charge is 2.43. The van der Waals surface area contributed by atoms with Crippen LogP contribution in [0.4, 0.5) is 0 Å². The van der Waals surface area contributed by atoms with Crippen LogP contribution in [0.1, 0.15) is 19.3 Å². The summed E-state index contributed by atoms with van der Waals surface area (Å²) in [6.45, 7) is 0. The number of hydrogen-bond acceptors (Lipinski definition) is 2. The molecule has 2 atom stereocenters. The summed E-state index contributed by atoms with van der Waals surface area (Å²) in [5, 5.41) is 0. The normalized spacial score (nSPS) is 38.8. The number of ketones is 2. The Bertz CT molecular complexity index is 195. The number of carbonyl (C=O) groups excluding carboxylic acids is 2. The van der Waals surface area contributed by atoms with Crippen LogP contribution in [0.25, 0.3) is 0 Å². The van der Waals surface area contributed by atoms with E-state index in [0.29, 0.717) is 12.8 Å². The maximum absolute atomic E-state index is 11.2. The Hall–Kier alpha value is -0.660. The molecule has 0 N–H and O–H groups in total. The molecular formula is C8H9O2. The lowest BCUT2D eigenvalue weighted by molar-refractivity contribution is -0.128. The molecule has 0 aromatic heterocycles. The second-order valence-electron chi connectivity index (χ2n) is 3.08. The van der Waals surface area contributed by atoms with Gasteiger partial charge in [0, 0.05) is 12.3 Å². The van der Waals surface area contributed by atoms with E-state index in [0.717, 1.165) is 6.42 Å². The van der Waals surface area contributed by atoms with Gasteiger partial charge in [-0.3, -0.25) is 9.59 Å². The third-order valence-corrected chi connectivity index (χ3v) is 2.44. The van der Waals surface area contributed by atoms with Gasteiger partial charge in [-0.2, -0.15) is 0 Å². The molecule has 0 amide bonds. The minimum atomic E-state index is -0.237. The monoisotopic (exact) mass is 137 g/mol. The molecule has 2 fully saturated rings. The molecule has 2 nitrogen and oxygen atoms in total. The fraction of sp³-hybridized carbons (Fsp3) is 0.625. The first-order valence-electron chi connectivity index (χ1n) is 3.67. The van der Waals surface area contributed by atoms with Gasteiger partial charge in [0.1, 0.15) is 11.6 Å². The molecule has 2 saturated carbocycles. The van der Waals surface area contributed by atoms with Gasteiger partial charge in [0.15, 0.2) is 0 Å². The van der Waals surface area contributed by atoms with Crippen LogP contribution in [-0.2, 0) is 9.59 Å². The van der Waals surface area contributed by atoms with Crippen molar-refractivity contribution in [2.45, 2.75) is 19.3 Å². The molecule has 0 aromatic rings. The zero-order valence-electron chi connectivity index (χ0n) is 5.67. The molecule has 0 aromatic carbocycles. The van der Waals surface area contributed by atoms with Gasteiger partial charge >= 0.3 is 0 Å². The summed E-state index contributed by atoms with van der Waals surface area (Å²) in [5.41, 5.74) is 0. The average molecular weight is 137 g/mol. The highest BCUT2D eigenvalue weighted by Crippen LogP contribution is 2.35. The molecule has 1 radical (unpaired) electrons. The molecule has 2 aliphatic rings. The molecule has 2 rings (SSSR count). The topological polar surface area (TPSA) is 34.1 Å². The Morgan fingerprint density at radius 1 is 1.30 bits per heavy atom. The Morgan fingerprint density at radius 2 is 2.10 bits per heavy atom. The van der Waals surface area contributed by atoms with E-state index in [2.05, 4.69) is 6.42 Å². The lowest BCUT2D eigenvalue weighted by Crippen LogP contribution is -2.21. The smallest absolute Gasteiger partial charge is 0.146 e. The van der Waals surface area contributed by atoms with Crippen molar-refractivity contribution in [2.24, 2.45) is 11.8 Å². The third kappa shape index (κ3) is 0.648. The van der Waals surface area contributed by atoms with E-state index in [9.17, 15) is 9.59 Å². The van der Waals surface area contributed by atoms with Crippen LogP contribution in [-0.4, -0.2) is 11.6 Å². The van der Waals surface area contributed by atoms with E-state index < -0.39 is 0 Å². The molecule has 0 saturated heterocycles. The highest BCUT2D eigenvalue weighted by molar-refractivity contribution is 6.10. The van der Waals surface area contributed by atoms with Gasteiger partial charge in [0.2, 0.25) is 0 Å². The van der Waals surface area contributed by atoms with Gasteiger partial charge in [0.05, 0.1) is 5.92 Å². The average Bonchev–Trinajstić information content (AvgIpc) is 2.16. The Labute approximate surface area is 59.6 Å². The summed E-state index contributed by atoms with van der Waals surface area (Å²) in [6, 6.07) is 0. The molecule has 2 aliphatic carbocycles. The first kappa shape index (κ1) is 6.08. The van der Waals surface area contributed by atoms with E-state index >= 15 is 0 Å². The van der Waals surface area contributed by atoms with Crippen molar-refractivity contribution >= 4 is 11.6 Å². The summed E-state index contributed by atoms with van der Waals surface area (Å²) < 4.78 is 0. The molecule has 0 spiro atoms. The molecule has 2 heteroatoms. The lowest BCUT2D eigenvalue weighted by atomic mass is 9.88. The number of Topliss-reactive ketones (excluding diaryl/α,β-unsaturated/α-hetero) is 2. The van der Waals surface area contributed by atoms with Gasteiger partial charge in [-0.05, 0) is 19.3 Å². The molecule has 53 valence electrons. The molecule has 0 aliphatic heterocycles. The molecule has 10 heavy (non-hydrogen) atoms. The lowest BCUT2D eigenvalue weighted by Gasteiger charge is -2.14. The van der Waals surface area contributed by atoms with Gasteiger partial charge in [-0.1, -0.05) is 0 Å². The summed E-state index contributed by atoms with van der Waals surface area (Å²) in [4.78, 5) is 22.2. The van der Waals surface area contributed by atoms with Crippen LogP contribution in [0.15, 0.2) is 0 Å². The number of fused-ring (bicyclic) bond motifs is 2. The van der Waals surface area contributed by atoms with Crippen molar-refractivity contribution < 1.29 is 9.59 Å². The van der Waals surface area contributed by atoms with E-state index in [1.807, 2.05) is 0 Å². The van der Waals surface area contributed by atoms with Crippen molar-refractivity contribution in [3.8, 4) is 0 Å². The summed E-state index contributed by atoms with van der Waals surface area (Å²) in [6.07, 6.45) is 4.12. The molecule has 2 bridgehead atoms. The maximum Gasteiger partial charge on any atom is 0.146 e. The van der Waals surface area contributed by atoms with Crippen molar-refractivity contribution in [3.05, 3.63) is 6.42 Å². The Balaban J connectivity index is 2.30. The van der Waals surface area contributed by atoms with Crippen molar-refractivity contribution in [1.82, 2.24) is 0 Å². The minimum absolute atomic E-state index is 0.0613. The van der Waals surface area contributed by atoms with Crippen LogP contribution >= 0.6 is 0 Å². The maximum atomic E-state index is 11.2. The van der Waals surface area contributed by atoms with Crippen LogP contribution in [0.3, 0.4) is 0 Å². The number of carbonyl (C=O) groups is 2. The zero-order valence-corrected chi connectivity index (χ0v) is 5.67. The van der Waals surface area contributed by atoms with E-state index in [1.54, 1.807) is 0 Å². The van der Waals surface area contributed by atoms with E-state index in [4.69, 9.17) is 0 Å². The van der Waals surface area contributed by atoms with Crippen LogP contribution < -0.4 is 0 Å². The predicted molar refractivity (Wildman–Crippen MR) is 35.1 cm³/mol. The summed E-state index contributed by atoms with van der Waals surface area (Å²) in [5.74, 6) is 0.196. The van der Waals surface area contributed by atoms with Crippen LogP contribution in [0.5, 0.6) is 0 Å². The second-order valence-corrected chi connectivity index (χ2v) is 3.08. The largest absolute Gasteiger partial charge is 0.299 e. The third-order valence-electron chi connectivity index (χ3n) is 2.44. The Morgan fingerprint density at radius 3 is 2.70 bits per heavy atom. The van der Waals surface area contributed by atoms with Gasteiger partial charge in [0.25, 0.3) is 0 Å². The zero-order chi connectivity index (χ0) is 7.14. The summed E-state index contributed by atoms with van der Waals surface area (Å²) in [7, 11) is 0. The number of hydrogen-bond donors (Lipinski definition) is 0. The highest BCUT2D eigenvalue weighted by atomic mass is 16.2. The standard InChI is InChI=1S/C8H9O2/c9-7-4-5-2-1-3-6(7)8(5)10/h1,5-6H,2-4H2. The number of rotatable bonds is 0. The predicted octanol–water partition coefficient (Wildman–Crippen LogP) is 0.759. The molecule has 0 heterocycles. The first-order valence-corrected chi connectivity index (χ1v) is 3.67. The van der Waals surface area contributed by atoms with Crippen molar-refractivity contribution in [2.75, 3.05) is 0 Å². The van der Waals surface area contributed by atoms with E-state index in [-0.39, 0.29) is 23.4 Å². The van der Waals surface area contributed by atoms with Crippen molar-refractivity contribution in [3.63, 3.8) is 0 Å². The van der Waals surface area contributed by atoms with Crippen LogP contribution in [0.2, 0.25) is 0 Å². The SMILES string of the molecule is O=C1CC2C[CH]CC1C2=O. The van der Waals surface area contributed by atoms with Gasteiger partial charge in [-0.15, -0.1) is 0 Å². The van der Waals surface area contributed by atoms with Crippen molar-refractivity contribution in [1.29, 1.82) is 0 Å². The molecular weight excluding hydrogens is 128 g/mol. The molecule has 2 unspecified atom stereocenters. The Kier molecular flexibility index (Phi) is 1.16. The fourth-order valence-corrected chi connectivity index (χ4v) is 1.84. The van der Waals surface area contributed by atoms with Gasteiger partial charge < -0.3 is 0 Å². The van der Waals surface area contributed by atoms with Crippen LogP contribution in [0, 0.1) is 18.3 Å². The van der Waals surface area contributed by atoms with E-state index in [1.165, 1.54) is 0 Å². The first-order chi connectivity index (χ1) is 4.79. The second kappa shape index (κ2) is 1.91. The minimum Gasteiger partial charge on any atom is -0.299 e. The fourth-order valence-electron chi connectivity index (χ4n) is 1.84. The van der Waals surface area contributed by atoms with Gasteiger partial charge in [-0.25, -0.2) is 0 Å².